The van der Waals surface area contributed by atoms with Gasteiger partial charge in [-0.2, -0.15) is 0 Å². The predicted molar refractivity (Wildman–Crippen MR) is 92.6 cm³/mol. The summed E-state index contributed by atoms with van der Waals surface area (Å²) in [6.07, 6.45) is 6.04. The van der Waals surface area contributed by atoms with Crippen molar-refractivity contribution < 1.29 is 4.79 Å². The van der Waals surface area contributed by atoms with Crippen LogP contribution in [0.3, 0.4) is 0 Å². The molecule has 120 valence electrons. The highest BCUT2D eigenvalue weighted by Crippen LogP contribution is 2.41. The van der Waals surface area contributed by atoms with Crippen LogP contribution in [0.25, 0.3) is 0 Å². The standard InChI is InChI=1S/C20H29NO/c1-15-9-8-12-20(3,4)19(15)18(22)13-16(2)21-14-17-10-6-5-7-11-17/h5-11,15-16,19,21H,12-14H2,1-4H3/t15-,16-,19-/m1/s1. The Labute approximate surface area is 135 Å². The van der Waals surface area contributed by atoms with E-state index in [2.05, 4.69) is 57.3 Å². The van der Waals surface area contributed by atoms with Gasteiger partial charge in [0, 0.05) is 24.9 Å². The van der Waals surface area contributed by atoms with Crippen LogP contribution in [0.2, 0.25) is 0 Å². The average Bonchev–Trinajstić information content (AvgIpc) is 2.45. The van der Waals surface area contributed by atoms with Crippen molar-refractivity contribution in [3.63, 3.8) is 0 Å². The van der Waals surface area contributed by atoms with Gasteiger partial charge in [-0.1, -0.05) is 63.3 Å². The molecule has 0 aromatic heterocycles. The molecule has 1 aliphatic carbocycles. The number of rotatable bonds is 6. The molecular weight excluding hydrogens is 270 g/mol. The lowest BCUT2D eigenvalue weighted by atomic mass is 9.65. The van der Waals surface area contributed by atoms with E-state index in [-0.39, 0.29) is 17.4 Å². The lowest BCUT2D eigenvalue weighted by molar-refractivity contribution is -0.128. The second-order valence-corrected chi connectivity index (χ2v) is 7.40. The second-order valence-electron chi connectivity index (χ2n) is 7.40. The van der Waals surface area contributed by atoms with Crippen molar-refractivity contribution in [1.29, 1.82) is 0 Å². The Hall–Kier alpha value is -1.41. The van der Waals surface area contributed by atoms with Gasteiger partial charge in [-0.3, -0.25) is 4.79 Å². The normalized spacial score (nSPS) is 24.9. The maximum atomic E-state index is 12.8. The molecule has 0 radical (unpaired) electrons. The number of Topliss-reactive ketones (excluding diaryl/α,β-unsaturated/α-hetero) is 1. The zero-order valence-corrected chi connectivity index (χ0v) is 14.3. The first kappa shape index (κ1) is 17.0. The van der Waals surface area contributed by atoms with E-state index in [9.17, 15) is 4.79 Å². The van der Waals surface area contributed by atoms with Gasteiger partial charge in [-0.05, 0) is 30.2 Å². The van der Waals surface area contributed by atoms with Crippen molar-refractivity contribution in [2.24, 2.45) is 17.3 Å². The molecule has 2 heteroatoms. The smallest absolute Gasteiger partial charge is 0.138 e. The number of nitrogens with one attached hydrogen (secondary N) is 1. The predicted octanol–water partition coefficient (Wildman–Crippen LogP) is 4.36. The molecule has 1 aromatic rings. The number of carbonyl (C=O) groups excluding carboxylic acids is 1. The number of ketones is 1. The minimum atomic E-state index is 0.0738. The third-order valence-electron chi connectivity index (χ3n) is 4.80. The summed E-state index contributed by atoms with van der Waals surface area (Å²) < 4.78 is 0. The molecule has 1 N–H and O–H groups in total. The third-order valence-corrected chi connectivity index (χ3v) is 4.80. The molecule has 0 saturated carbocycles. The summed E-state index contributed by atoms with van der Waals surface area (Å²) in [5.41, 5.74) is 1.33. The van der Waals surface area contributed by atoms with Gasteiger partial charge < -0.3 is 5.32 Å². The average molecular weight is 299 g/mol. The van der Waals surface area contributed by atoms with Crippen molar-refractivity contribution in [2.45, 2.75) is 53.1 Å². The molecule has 0 heterocycles. The second kappa shape index (κ2) is 7.23. The minimum absolute atomic E-state index is 0.0738. The van der Waals surface area contributed by atoms with Crippen LogP contribution in [0.5, 0.6) is 0 Å². The van der Waals surface area contributed by atoms with Crippen molar-refractivity contribution in [3.05, 3.63) is 48.0 Å². The van der Waals surface area contributed by atoms with Crippen LogP contribution in [0.1, 0.15) is 46.1 Å². The van der Waals surface area contributed by atoms with Gasteiger partial charge in [0.2, 0.25) is 0 Å². The highest BCUT2D eigenvalue weighted by Gasteiger charge is 2.39. The zero-order chi connectivity index (χ0) is 16.2. The molecular formula is C20H29NO. The fraction of sp³-hybridized carbons (Fsp3) is 0.550. The van der Waals surface area contributed by atoms with Gasteiger partial charge in [-0.25, -0.2) is 0 Å². The summed E-state index contributed by atoms with van der Waals surface area (Å²) in [5, 5.41) is 3.47. The highest BCUT2D eigenvalue weighted by atomic mass is 16.1. The topological polar surface area (TPSA) is 29.1 Å². The molecule has 0 saturated heterocycles. The van der Waals surface area contributed by atoms with Crippen molar-refractivity contribution in [2.75, 3.05) is 0 Å². The molecule has 0 bridgehead atoms. The van der Waals surface area contributed by atoms with Gasteiger partial charge in [0.25, 0.3) is 0 Å². The van der Waals surface area contributed by atoms with E-state index in [1.54, 1.807) is 0 Å². The fourth-order valence-corrected chi connectivity index (χ4v) is 3.65. The third kappa shape index (κ3) is 4.30. The van der Waals surface area contributed by atoms with Gasteiger partial charge in [0.1, 0.15) is 5.78 Å². The van der Waals surface area contributed by atoms with Crippen LogP contribution >= 0.6 is 0 Å². The lowest BCUT2D eigenvalue weighted by Gasteiger charge is -2.39. The first-order valence-corrected chi connectivity index (χ1v) is 8.37. The number of allylic oxidation sites excluding steroid dienone is 2. The maximum absolute atomic E-state index is 12.8. The Balaban J connectivity index is 1.89. The molecule has 0 aliphatic heterocycles. The number of hydrogen-bond donors (Lipinski definition) is 1. The van der Waals surface area contributed by atoms with Crippen molar-refractivity contribution in [1.82, 2.24) is 5.32 Å². The van der Waals surface area contributed by atoms with Gasteiger partial charge >= 0.3 is 0 Å². The molecule has 2 nitrogen and oxygen atoms in total. The maximum Gasteiger partial charge on any atom is 0.138 e. The molecule has 3 atom stereocenters. The van der Waals surface area contributed by atoms with E-state index < -0.39 is 0 Å². The molecule has 0 fully saturated rings. The van der Waals surface area contributed by atoms with Crippen LogP contribution in [-0.4, -0.2) is 11.8 Å². The molecule has 0 spiro atoms. The largest absolute Gasteiger partial charge is 0.310 e. The molecule has 22 heavy (non-hydrogen) atoms. The molecule has 1 aliphatic rings. The molecule has 2 rings (SSSR count). The summed E-state index contributed by atoms with van der Waals surface area (Å²) in [4.78, 5) is 12.8. The van der Waals surface area contributed by atoms with Crippen LogP contribution in [0.4, 0.5) is 0 Å². The molecule has 0 amide bonds. The summed E-state index contributed by atoms with van der Waals surface area (Å²) in [6.45, 7) is 9.53. The van der Waals surface area contributed by atoms with Crippen LogP contribution in [0.15, 0.2) is 42.5 Å². The Morgan fingerprint density at radius 1 is 1.32 bits per heavy atom. The summed E-state index contributed by atoms with van der Waals surface area (Å²) in [6, 6.07) is 10.5. The zero-order valence-electron chi connectivity index (χ0n) is 14.3. The first-order chi connectivity index (χ1) is 10.4. The van der Waals surface area contributed by atoms with E-state index in [4.69, 9.17) is 0 Å². The van der Waals surface area contributed by atoms with Crippen LogP contribution < -0.4 is 5.32 Å². The van der Waals surface area contributed by atoms with Gasteiger partial charge in [-0.15, -0.1) is 0 Å². The van der Waals surface area contributed by atoms with E-state index >= 15 is 0 Å². The summed E-state index contributed by atoms with van der Waals surface area (Å²) in [5.74, 6) is 0.881. The SMILES string of the molecule is C[C@H](CC(=O)[C@H]1[C@H](C)C=CCC1(C)C)NCc1ccccc1. The van der Waals surface area contributed by atoms with Crippen LogP contribution in [-0.2, 0) is 11.3 Å². The summed E-state index contributed by atoms with van der Waals surface area (Å²) >= 11 is 0. The summed E-state index contributed by atoms with van der Waals surface area (Å²) in [7, 11) is 0. The van der Waals surface area contributed by atoms with E-state index in [1.165, 1.54) is 5.56 Å². The van der Waals surface area contributed by atoms with Crippen molar-refractivity contribution in [3.8, 4) is 0 Å². The quantitative estimate of drug-likeness (QED) is 0.791. The number of carbonyl (C=O) groups is 1. The first-order valence-electron chi connectivity index (χ1n) is 8.37. The Bertz CT molecular complexity index is 518. The van der Waals surface area contributed by atoms with E-state index in [0.717, 1.165) is 13.0 Å². The van der Waals surface area contributed by atoms with Gasteiger partial charge in [0.15, 0.2) is 0 Å². The van der Waals surface area contributed by atoms with Crippen LogP contribution in [0, 0.1) is 17.3 Å². The fourth-order valence-electron chi connectivity index (χ4n) is 3.65. The highest BCUT2D eigenvalue weighted by molar-refractivity contribution is 5.83. The monoisotopic (exact) mass is 299 g/mol. The van der Waals surface area contributed by atoms with Gasteiger partial charge in [0.05, 0.1) is 0 Å². The lowest BCUT2D eigenvalue weighted by Crippen LogP contribution is -2.40. The Morgan fingerprint density at radius 2 is 2.00 bits per heavy atom. The molecule has 0 unspecified atom stereocenters. The molecule has 1 aromatic carbocycles. The van der Waals surface area contributed by atoms with E-state index in [0.29, 0.717) is 18.1 Å². The number of hydrogen-bond acceptors (Lipinski definition) is 2. The van der Waals surface area contributed by atoms with E-state index in [1.807, 2.05) is 18.2 Å². The van der Waals surface area contributed by atoms with Crippen molar-refractivity contribution >= 4 is 5.78 Å². The Kier molecular flexibility index (Phi) is 5.57. The number of benzene rings is 1. The minimum Gasteiger partial charge on any atom is -0.310 e. The Morgan fingerprint density at radius 3 is 2.64 bits per heavy atom.